The number of hydrogen-bond donors (Lipinski definition) is 2. The van der Waals surface area contributed by atoms with E-state index in [1.54, 1.807) is 0 Å². The van der Waals surface area contributed by atoms with E-state index in [9.17, 15) is 19.0 Å². The number of carbonyl (C=O) groups is 2. The summed E-state index contributed by atoms with van der Waals surface area (Å²) in [4.78, 5) is 37.6. The van der Waals surface area contributed by atoms with E-state index in [4.69, 9.17) is 13.8 Å². The largest absolute Gasteiger partial charge is 0.472 e. The number of phosphoric ester groups is 1. The number of esters is 1. The molecule has 0 heterocycles. The Bertz CT molecular complexity index is 1400. The molecule has 0 radical (unpaired) electrons. The lowest BCUT2D eigenvalue weighted by Crippen LogP contribution is -2.47. The van der Waals surface area contributed by atoms with E-state index in [0.29, 0.717) is 17.4 Å². The Morgan fingerprint density at radius 3 is 1.38 bits per heavy atom. The molecule has 0 aliphatic carbocycles. The highest BCUT2D eigenvalue weighted by Gasteiger charge is 2.30. The molecule has 9 nitrogen and oxygen atoms in total. The van der Waals surface area contributed by atoms with Crippen molar-refractivity contribution in [1.29, 1.82) is 0 Å². The molecule has 1 amide bonds. The van der Waals surface area contributed by atoms with Gasteiger partial charge < -0.3 is 19.4 Å². The fraction of sp³-hybridized carbons (Fsp3) is 0.803. The second kappa shape index (κ2) is 51.2. The molecule has 2 N–H and O–H groups in total. The van der Waals surface area contributed by atoms with Gasteiger partial charge in [0.15, 0.2) is 0 Å². The monoisotopic (exact) mass is 1020 g/mol. The highest BCUT2D eigenvalue weighted by atomic mass is 31.2. The van der Waals surface area contributed by atoms with Gasteiger partial charge in [-0.25, -0.2) is 4.57 Å². The molecular formula is C61H114N2O7P+. The number of ether oxygens (including phenoxy) is 1. The Kier molecular flexibility index (Phi) is 49.6. The number of allylic oxidation sites excluding steroid dienone is 9. The molecule has 0 rings (SSSR count). The molecule has 71 heavy (non-hydrogen) atoms. The average molecular weight is 1020 g/mol. The number of likely N-dealkylation sites (N-methyl/N-ethyl adjacent to an activating group) is 1. The van der Waals surface area contributed by atoms with Crippen molar-refractivity contribution in [2.24, 2.45) is 0 Å². The van der Waals surface area contributed by atoms with Crippen LogP contribution in [0.2, 0.25) is 0 Å². The number of rotatable bonds is 53. The minimum absolute atomic E-state index is 0.0358. The fourth-order valence-electron chi connectivity index (χ4n) is 8.41. The van der Waals surface area contributed by atoms with Gasteiger partial charge in [-0.15, -0.1) is 0 Å². The molecule has 0 saturated heterocycles. The molecule has 3 atom stereocenters. The molecule has 0 spiro atoms. The topological polar surface area (TPSA) is 111 Å². The van der Waals surface area contributed by atoms with Crippen molar-refractivity contribution < 1.29 is 37.3 Å². The van der Waals surface area contributed by atoms with Crippen molar-refractivity contribution in [3.63, 3.8) is 0 Å². The lowest BCUT2D eigenvalue weighted by molar-refractivity contribution is -0.870. The van der Waals surface area contributed by atoms with Crippen LogP contribution in [0.3, 0.4) is 0 Å². The van der Waals surface area contributed by atoms with Crippen LogP contribution in [0, 0.1) is 0 Å². The molecule has 0 aliphatic rings. The maximum Gasteiger partial charge on any atom is 0.472 e. The van der Waals surface area contributed by atoms with Gasteiger partial charge in [0, 0.05) is 12.8 Å². The Hall–Kier alpha value is -2.29. The first-order chi connectivity index (χ1) is 34.4. The second-order valence-electron chi connectivity index (χ2n) is 21.2. The molecule has 0 aromatic carbocycles. The zero-order valence-corrected chi connectivity index (χ0v) is 48.1. The summed E-state index contributed by atoms with van der Waals surface area (Å²) in [7, 11) is 1.48. The number of amides is 1. The lowest BCUT2D eigenvalue weighted by atomic mass is 10.0. The van der Waals surface area contributed by atoms with Gasteiger partial charge in [0.1, 0.15) is 19.3 Å². The smallest absolute Gasteiger partial charge is 0.456 e. The molecule has 0 saturated carbocycles. The van der Waals surface area contributed by atoms with Crippen LogP contribution in [0.25, 0.3) is 0 Å². The van der Waals surface area contributed by atoms with Crippen molar-refractivity contribution in [1.82, 2.24) is 5.32 Å². The Morgan fingerprint density at radius 2 is 0.915 bits per heavy atom. The van der Waals surface area contributed by atoms with Gasteiger partial charge in [-0.1, -0.05) is 236 Å². The summed E-state index contributed by atoms with van der Waals surface area (Å²) in [5, 5.41) is 3.05. The summed E-state index contributed by atoms with van der Waals surface area (Å²) in [5.41, 5.74) is 0. The van der Waals surface area contributed by atoms with Crippen molar-refractivity contribution in [2.75, 3.05) is 40.9 Å². The quantitative estimate of drug-likeness (QED) is 0.0156. The predicted octanol–water partition coefficient (Wildman–Crippen LogP) is 17.9. The molecule has 0 aliphatic heterocycles. The first kappa shape index (κ1) is 68.7. The molecule has 0 aromatic heterocycles. The van der Waals surface area contributed by atoms with Crippen molar-refractivity contribution in [3.05, 3.63) is 60.8 Å². The van der Waals surface area contributed by atoms with E-state index in [1.165, 1.54) is 141 Å². The fourth-order valence-corrected chi connectivity index (χ4v) is 9.14. The van der Waals surface area contributed by atoms with Crippen LogP contribution in [-0.4, -0.2) is 74.3 Å². The van der Waals surface area contributed by atoms with Gasteiger partial charge in [-0.05, 0) is 76.7 Å². The van der Waals surface area contributed by atoms with Gasteiger partial charge >= 0.3 is 13.8 Å². The zero-order valence-electron chi connectivity index (χ0n) is 47.2. The predicted molar refractivity (Wildman–Crippen MR) is 305 cm³/mol. The van der Waals surface area contributed by atoms with E-state index in [-0.39, 0.29) is 31.5 Å². The maximum atomic E-state index is 13.5. The molecular weight excluding hydrogens is 904 g/mol. The van der Waals surface area contributed by atoms with Gasteiger partial charge in [-0.2, -0.15) is 0 Å². The highest BCUT2D eigenvalue weighted by molar-refractivity contribution is 7.47. The first-order valence-electron chi connectivity index (χ1n) is 29.6. The van der Waals surface area contributed by atoms with Crippen LogP contribution in [-0.2, 0) is 27.9 Å². The van der Waals surface area contributed by atoms with E-state index >= 15 is 0 Å². The van der Waals surface area contributed by atoms with Gasteiger partial charge in [0.2, 0.25) is 5.91 Å². The Balaban J connectivity index is 5.35. The number of phosphoric acid groups is 1. The third kappa shape index (κ3) is 52.4. The molecule has 3 unspecified atom stereocenters. The van der Waals surface area contributed by atoms with Crippen LogP contribution in [0.5, 0.6) is 0 Å². The van der Waals surface area contributed by atoms with E-state index in [0.717, 1.165) is 89.9 Å². The maximum absolute atomic E-state index is 13.5. The zero-order chi connectivity index (χ0) is 52.2. The van der Waals surface area contributed by atoms with Crippen LogP contribution < -0.4 is 5.32 Å². The summed E-state index contributed by atoms with van der Waals surface area (Å²) in [5.74, 6) is -0.521. The van der Waals surface area contributed by atoms with E-state index < -0.39 is 20.0 Å². The number of hydrogen-bond acceptors (Lipinski definition) is 6. The van der Waals surface area contributed by atoms with Crippen LogP contribution >= 0.6 is 7.82 Å². The normalized spacial score (nSPS) is 14.2. The van der Waals surface area contributed by atoms with Crippen LogP contribution in [0.1, 0.15) is 265 Å². The standard InChI is InChI=1S/C61H113N2O7P/c1-7-10-13-16-19-22-25-28-30-31-33-36-39-42-45-48-51-54-61(65)70-59(52-49-46-43-40-37-34-27-24-21-18-15-12-9-3)58(57-69-71(66,67)68-56-55-63(4,5)6)62-60(64)53-50-47-44-41-38-35-32-29-26-23-20-17-14-11-8-2/h11,14,17,20,23,26,28,30,49,52,58-59H,7-10,12-13,15-16,18-19,21-22,24-25,27,29,31-48,50-51,53-57H2,1-6H3,(H-,62,64,66,67)/p+1/b14-11+,20-17+,26-23+,30-28+,52-49+. The van der Waals surface area contributed by atoms with E-state index in [1.807, 2.05) is 33.3 Å². The summed E-state index contributed by atoms with van der Waals surface area (Å²) in [6.45, 7) is 6.88. The second-order valence-corrected chi connectivity index (χ2v) is 22.7. The highest BCUT2D eigenvalue weighted by Crippen LogP contribution is 2.43. The van der Waals surface area contributed by atoms with Crippen molar-refractivity contribution >= 4 is 19.7 Å². The SMILES string of the molecule is CC/C=C/C=C/C=C/CCCCCCCCCC(=O)NC(COP(=O)(O)OCC[N+](C)(C)C)C(/C=C/CCCCCCCCCCCCC)OC(=O)CCCCCCCCC/C=C/CCCCCCCC. The van der Waals surface area contributed by atoms with Gasteiger partial charge in [-0.3, -0.25) is 18.6 Å². The molecule has 0 bridgehead atoms. The number of carbonyl (C=O) groups excluding carboxylic acids is 2. The summed E-state index contributed by atoms with van der Waals surface area (Å²) >= 11 is 0. The Morgan fingerprint density at radius 1 is 0.507 bits per heavy atom. The summed E-state index contributed by atoms with van der Waals surface area (Å²) in [6.07, 6.45) is 63.5. The third-order valence-corrected chi connectivity index (χ3v) is 14.0. The minimum Gasteiger partial charge on any atom is -0.456 e. The minimum atomic E-state index is -4.45. The third-order valence-electron chi connectivity index (χ3n) is 13.0. The van der Waals surface area contributed by atoms with Gasteiger partial charge in [0.05, 0.1) is 33.8 Å². The molecule has 414 valence electrons. The summed E-state index contributed by atoms with van der Waals surface area (Å²) in [6, 6.07) is -0.856. The lowest BCUT2D eigenvalue weighted by Gasteiger charge is -2.27. The molecule has 0 fully saturated rings. The number of nitrogens with zero attached hydrogens (tertiary/aromatic N) is 1. The molecule has 10 heteroatoms. The van der Waals surface area contributed by atoms with Gasteiger partial charge in [0.25, 0.3) is 0 Å². The number of quaternary nitrogens is 1. The van der Waals surface area contributed by atoms with E-state index in [2.05, 4.69) is 74.7 Å². The number of unbranched alkanes of at least 4 members (excludes halogenated alkanes) is 31. The summed E-state index contributed by atoms with van der Waals surface area (Å²) < 4.78 is 30.6. The van der Waals surface area contributed by atoms with Crippen molar-refractivity contribution in [2.45, 2.75) is 277 Å². The average Bonchev–Trinajstić information content (AvgIpc) is 3.33. The molecule has 0 aromatic rings. The first-order valence-corrected chi connectivity index (χ1v) is 31.1. The van der Waals surface area contributed by atoms with Crippen LogP contribution in [0.15, 0.2) is 60.8 Å². The number of nitrogens with one attached hydrogen (secondary N) is 1. The van der Waals surface area contributed by atoms with Crippen molar-refractivity contribution in [3.8, 4) is 0 Å². The Labute approximate surface area is 439 Å². The van der Waals surface area contributed by atoms with Crippen LogP contribution in [0.4, 0.5) is 0 Å².